The van der Waals surface area contributed by atoms with Crippen molar-refractivity contribution >= 4 is 21.8 Å². The zero-order valence-electron chi connectivity index (χ0n) is 11.6. The number of carbonyl (C=O) groups is 1. The van der Waals surface area contributed by atoms with Crippen LogP contribution in [0, 0.1) is 5.92 Å². The Kier molecular flexibility index (Phi) is 7.67. The Morgan fingerprint density at radius 3 is 2.74 bits per heavy atom. The molecule has 0 aliphatic rings. The lowest BCUT2D eigenvalue weighted by Gasteiger charge is -2.14. The van der Waals surface area contributed by atoms with Gasteiger partial charge in [-0.2, -0.15) is 0 Å². The topological polar surface area (TPSA) is 54.0 Å². The molecule has 1 amide bonds. The first kappa shape index (κ1) is 16.1. The van der Waals surface area contributed by atoms with Gasteiger partial charge in [0.15, 0.2) is 0 Å². The average Bonchev–Trinajstić information content (AvgIpc) is 2.42. The molecule has 0 bridgehead atoms. The third-order valence-corrected chi connectivity index (χ3v) is 3.61. The number of nitrogens with zero attached hydrogens (tertiary/aromatic N) is 1. The minimum absolute atomic E-state index is 0.107. The van der Waals surface area contributed by atoms with Crippen LogP contribution in [0.4, 0.5) is 0 Å². The van der Waals surface area contributed by atoms with E-state index in [0.29, 0.717) is 22.8 Å². The molecule has 1 aromatic heterocycles. The number of aromatic nitrogens is 1. The molecule has 0 aliphatic heterocycles. The van der Waals surface area contributed by atoms with Gasteiger partial charge in [-0.25, -0.2) is 4.98 Å². The number of carbonyl (C=O) groups excluding carboxylic acids is 1. The second-order valence-corrected chi connectivity index (χ2v) is 5.37. The van der Waals surface area contributed by atoms with Crippen molar-refractivity contribution in [2.45, 2.75) is 26.2 Å². The van der Waals surface area contributed by atoms with Crippen LogP contribution < -0.4 is 10.6 Å². The summed E-state index contributed by atoms with van der Waals surface area (Å²) in [5, 5.41) is 6.09. The molecule has 0 aliphatic carbocycles. The Morgan fingerprint density at radius 2 is 2.11 bits per heavy atom. The summed E-state index contributed by atoms with van der Waals surface area (Å²) in [5.41, 5.74) is 0.456. The summed E-state index contributed by atoms with van der Waals surface area (Å²) in [4.78, 5) is 16.0. The minimum atomic E-state index is -0.107. The van der Waals surface area contributed by atoms with E-state index in [1.54, 1.807) is 6.07 Å². The van der Waals surface area contributed by atoms with Gasteiger partial charge in [0.2, 0.25) is 0 Å². The molecule has 1 aromatic rings. The number of pyridine rings is 1. The summed E-state index contributed by atoms with van der Waals surface area (Å²) in [6, 6.07) is 5.34. The average molecular weight is 328 g/mol. The van der Waals surface area contributed by atoms with Crippen LogP contribution in [-0.2, 0) is 0 Å². The van der Waals surface area contributed by atoms with Crippen molar-refractivity contribution in [3.8, 4) is 0 Å². The highest BCUT2D eigenvalue weighted by atomic mass is 79.9. The van der Waals surface area contributed by atoms with Gasteiger partial charge in [0.25, 0.3) is 5.91 Å². The third kappa shape index (κ3) is 6.16. The van der Waals surface area contributed by atoms with E-state index in [4.69, 9.17) is 0 Å². The quantitative estimate of drug-likeness (QED) is 0.721. The number of rotatable bonds is 8. The smallest absolute Gasteiger partial charge is 0.269 e. The normalized spacial score (nSPS) is 12.2. The van der Waals surface area contributed by atoms with Crippen molar-refractivity contribution in [1.82, 2.24) is 15.6 Å². The largest absolute Gasteiger partial charge is 0.351 e. The molecule has 0 saturated heterocycles. The predicted octanol–water partition coefficient (Wildman–Crippen LogP) is 2.60. The maximum absolute atomic E-state index is 11.9. The van der Waals surface area contributed by atoms with Crippen LogP contribution in [0.3, 0.4) is 0 Å². The van der Waals surface area contributed by atoms with E-state index in [1.807, 2.05) is 19.2 Å². The molecule has 1 rings (SSSR count). The standard InChI is InChI=1S/C14H22BrN3O/c1-3-11(7-9-16-2)8-10-17-14(19)12-5-4-6-13(15)18-12/h4-6,11,16H,3,7-10H2,1-2H3,(H,17,19). The Hall–Kier alpha value is -0.940. The lowest BCUT2D eigenvalue weighted by atomic mass is 9.98. The second-order valence-electron chi connectivity index (χ2n) is 4.56. The fraction of sp³-hybridized carbons (Fsp3) is 0.571. The first-order chi connectivity index (χ1) is 9.17. The van der Waals surface area contributed by atoms with Gasteiger partial charge in [-0.3, -0.25) is 4.79 Å². The lowest BCUT2D eigenvalue weighted by Crippen LogP contribution is -2.27. The lowest BCUT2D eigenvalue weighted by molar-refractivity contribution is 0.0946. The summed E-state index contributed by atoms with van der Waals surface area (Å²) in [7, 11) is 1.97. The third-order valence-electron chi connectivity index (χ3n) is 3.17. The van der Waals surface area contributed by atoms with E-state index in [2.05, 4.69) is 38.5 Å². The Bertz CT molecular complexity index is 398. The second kappa shape index (κ2) is 9.04. The number of amides is 1. The molecule has 2 N–H and O–H groups in total. The van der Waals surface area contributed by atoms with Crippen LogP contribution in [-0.4, -0.2) is 31.0 Å². The highest BCUT2D eigenvalue weighted by molar-refractivity contribution is 9.10. The Balaban J connectivity index is 2.34. The van der Waals surface area contributed by atoms with Crippen molar-refractivity contribution in [2.24, 2.45) is 5.92 Å². The fourth-order valence-electron chi connectivity index (χ4n) is 1.92. The number of hydrogen-bond donors (Lipinski definition) is 2. The summed E-state index contributed by atoms with van der Waals surface area (Å²) in [6.07, 6.45) is 3.31. The molecular formula is C14H22BrN3O. The van der Waals surface area contributed by atoms with Crippen molar-refractivity contribution in [2.75, 3.05) is 20.1 Å². The zero-order valence-corrected chi connectivity index (χ0v) is 13.2. The van der Waals surface area contributed by atoms with Crippen LogP contribution in [0.15, 0.2) is 22.8 Å². The van der Waals surface area contributed by atoms with E-state index in [1.165, 1.54) is 0 Å². The summed E-state index contributed by atoms with van der Waals surface area (Å²) in [6.45, 7) is 3.92. The minimum Gasteiger partial charge on any atom is -0.351 e. The van der Waals surface area contributed by atoms with Crippen molar-refractivity contribution in [3.63, 3.8) is 0 Å². The molecule has 0 fully saturated rings. The monoisotopic (exact) mass is 327 g/mol. The van der Waals surface area contributed by atoms with Gasteiger partial charge in [0.05, 0.1) is 0 Å². The van der Waals surface area contributed by atoms with Gasteiger partial charge >= 0.3 is 0 Å². The molecule has 106 valence electrons. The molecule has 1 atom stereocenters. The zero-order chi connectivity index (χ0) is 14.1. The first-order valence-corrected chi connectivity index (χ1v) is 7.52. The van der Waals surface area contributed by atoms with Crippen LogP contribution in [0.5, 0.6) is 0 Å². The van der Waals surface area contributed by atoms with Crippen molar-refractivity contribution < 1.29 is 4.79 Å². The Labute approximate surface area is 123 Å². The van der Waals surface area contributed by atoms with E-state index in [0.717, 1.165) is 25.8 Å². The van der Waals surface area contributed by atoms with E-state index in [-0.39, 0.29) is 5.91 Å². The summed E-state index contributed by atoms with van der Waals surface area (Å²) < 4.78 is 0.681. The van der Waals surface area contributed by atoms with Crippen LogP contribution in [0.1, 0.15) is 36.7 Å². The van der Waals surface area contributed by atoms with Crippen molar-refractivity contribution in [1.29, 1.82) is 0 Å². The van der Waals surface area contributed by atoms with E-state index < -0.39 is 0 Å². The predicted molar refractivity (Wildman–Crippen MR) is 81.2 cm³/mol. The molecule has 0 saturated carbocycles. The number of hydrogen-bond acceptors (Lipinski definition) is 3. The van der Waals surface area contributed by atoms with Gasteiger partial charge in [-0.1, -0.05) is 19.4 Å². The number of halogens is 1. The van der Waals surface area contributed by atoms with Crippen LogP contribution in [0.25, 0.3) is 0 Å². The molecular weight excluding hydrogens is 306 g/mol. The highest BCUT2D eigenvalue weighted by Gasteiger charge is 2.09. The van der Waals surface area contributed by atoms with E-state index in [9.17, 15) is 4.79 Å². The maximum Gasteiger partial charge on any atom is 0.269 e. The van der Waals surface area contributed by atoms with Gasteiger partial charge in [-0.15, -0.1) is 0 Å². The van der Waals surface area contributed by atoms with Gasteiger partial charge in [0, 0.05) is 6.54 Å². The van der Waals surface area contributed by atoms with Crippen LogP contribution >= 0.6 is 15.9 Å². The maximum atomic E-state index is 11.9. The van der Waals surface area contributed by atoms with Gasteiger partial charge in [-0.05, 0) is 60.4 Å². The first-order valence-electron chi connectivity index (χ1n) is 6.72. The van der Waals surface area contributed by atoms with Gasteiger partial charge in [0.1, 0.15) is 10.3 Å². The van der Waals surface area contributed by atoms with Gasteiger partial charge < -0.3 is 10.6 Å². The molecule has 1 heterocycles. The van der Waals surface area contributed by atoms with E-state index >= 15 is 0 Å². The fourth-order valence-corrected chi connectivity index (χ4v) is 2.26. The molecule has 0 spiro atoms. The molecule has 4 nitrogen and oxygen atoms in total. The molecule has 0 radical (unpaired) electrons. The highest BCUT2D eigenvalue weighted by Crippen LogP contribution is 2.11. The van der Waals surface area contributed by atoms with Crippen molar-refractivity contribution in [3.05, 3.63) is 28.5 Å². The molecule has 19 heavy (non-hydrogen) atoms. The summed E-state index contributed by atoms with van der Waals surface area (Å²) in [5.74, 6) is 0.549. The Morgan fingerprint density at radius 1 is 1.37 bits per heavy atom. The number of nitrogens with one attached hydrogen (secondary N) is 2. The SMILES string of the molecule is CCC(CCNC)CCNC(=O)c1cccc(Br)n1. The summed E-state index contributed by atoms with van der Waals surface area (Å²) >= 11 is 3.26. The molecule has 0 aromatic carbocycles. The molecule has 1 unspecified atom stereocenters. The van der Waals surface area contributed by atoms with Crippen LogP contribution in [0.2, 0.25) is 0 Å². The molecule has 5 heteroatoms.